The molecule has 7 nitrogen and oxygen atoms in total. The van der Waals surface area contributed by atoms with Gasteiger partial charge in [-0.1, -0.05) is 6.08 Å². The number of nitrogens with two attached hydrogens (primary N) is 1. The minimum Gasteiger partial charge on any atom is -0.496 e. The van der Waals surface area contributed by atoms with Crippen LogP contribution in [0.25, 0.3) is 22.6 Å². The number of imidazole rings is 1. The number of hydrogen-bond acceptors (Lipinski definition) is 6. The molecule has 1 aromatic carbocycles. The van der Waals surface area contributed by atoms with Crippen LogP contribution in [0.15, 0.2) is 66.7 Å². The van der Waals surface area contributed by atoms with Crippen molar-refractivity contribution in [3.05, 3.63) is 66.7 Å². The first-order chi connectivity index (χ1) is 16.8. The highest BCUT2D eigenvalue weighted by atomic mass is 19.4. The second-order valence-corrected chi connectivity index (χ2v) is 8.04. The number of anilines is 1. The van der Waals surface area contributed by atoms with Crippen LogP contribution in [0.4, 0.5) is 19.0 Å². The lowest BCUT2D eigenvalue weighted by Crippen LogP contribution is -2.18. The van der Waals surface area contributed by atoms with E-state index in [9.17, 15) is 13.2 Å². The molecule has 184 valence electrons. The molecule has 0 spiro atoms. The molecule has 35 heavy (non-hydrogen) atoms. The van der Waals surface area contributed by atoms with E-state index in [1.54, 1.807) is 18.3 Å². The van der Waals surface area contributed by atoms with Gasteiger partial charge in [0.15, 0.2) is 0 Å². The van der Waals surface area contributed by atoms with Gasteiger partial charge in [-0.3, -0.25) is 0 Å². The summed E-state index contributed by atoms with van der Waals surface area (Å²) in [5.41, 5.74) is 8.26. The van der Waals surface area contributed by atoms with Gasteiger partial charge in [-0.2, -0.15) is 13.2 Å². The number of ether oxygens (including phenoxy) is 2. The number of halogens is 3. The third kappa shape index (κ3) is 6.34. The molecule has 1 aliphatic rings. The second-order valence-electron chi connectivity index (χ2n) is 8.04. The van der Waals surface area contributed by atoms with E-state index in [4.69, 9.17) is 15.2 Å². The zero-order valence-corrected chi connectivity index (χ0v) is 19.2. The number of hydrogen-bond donors (Lipinski definition) is 2. The van der Waals surface area contributed by atoms with E-state index in [2.05, 4.69) is 19.9 Å². The Labute approximate surface area is 201 Å². The molecule has 3 aromatic rings. The van der Waals surface area contributed by atoms with Crippen LogP contribution >= 0.6 is 0 Å². The highest BCUT2D eigenvalue weighted by Crippen LogP contribution is 2.33. The van der Waals surface area contributed by atoms with Gasteiger partial charge in [0.1, 0.15) is 29.7 Å². The summed E-state index contributed by atoms with van der Waals surface area (Å²) < 4.78 is 47.6. The number of H-pyrrole nitrogens is 1. The summed E-state index contributed by atoms with van der Waals surface area (Å²) in [5.74, 6) is 2.66. The molecule has 3 N–H and O–H groups in total. The van der Waals surface area contributed by atoms with Crippen molar-refractivity contribution in [2.24, 2.45) is 5.73 Å². The quantitative estimate of drug-likeness (QED) is 0.432. The Morgan fingerprint density at radius 2 is 1.94 bits per heavy atom. The van der Waals surface area contributed by atoms with Gasteiger partial charge in [-0.15, -0.1) is 0 Å². The smallest absolute Gasteiger partial charge is 0.409 e. The van der Waals surface area contributed by atoms with E-state index in [1.807, 2.05) is 24.4 Å². The minimum atomic E-state index is -4.39. The lowest BCUT2D eigenvalue weighted by atomic mass is 10.1. The topological polar surface area (TPSA) is 89.3 Å². The van der Waals surface area contributed by atoms with Gasteiger partial charge < -0.3 is 25.1 Å². The Hall–Kier alpha value is -3.95. The van der Waals surface area contributed by atoms with E-state index in [0.717, 1.165) is 47.9 Å². The van der Waals surface area contributed by atoms with Crippen LogP contribution in [0.1, 0.15) is 12.8 Å². The van der Waals surface area contributed by atoms with Crippen molar-refractivity contribution in [1.29, 1.82) is 0 Å². The molecule has 0 unspecified atom stereocenters. The van der Waals surface area contributed by atoms with Crippen LogP contribution in [0.2, 0.25) is 0 Å². The molecule has 0 atom stereocenters. The average molecular weight is 486 g/mol. The number of aromatic amines is 1. The number of aromatic nitrogens is 3. The van der Waals surface area contributed by atoms with E-state index in [-0.39, 0.29) is 18.4 Å². The predicted molar refractivity (Wildman–Crippen MR) is 128 cm³/mol. The van der Waals surface area contributed by atoms with Gasteiger partial charge in [-0.25, -0.2) is 9.97 Å². The van der Waals surface area contributed by atoms with Crippen molar-refractivity contribution in [2.45, 2.75) is 19.0 Å². The van der Waals surface area contributed by atoms with Crippen molar-refractivity contribution < 1.29 is 22.6 Å². The summed E-state index contributed by atoms with van der Waals surface area (Å²) in [5, 5.41) is 0. The predicted octanol–water partition coefficient (Wildman–Crippen LogP) is 5.09. The zero-order chi connectivity index (χ0) is 24.8. The molecule has 0 saturated carbocycles. The van der Waals surface area contributed by atoms with Crippen LogP contribution in [-0.2, 0) is 0 Å². The summed E-state index contributed by atoms with van der Waals surface area (Å²) in [6.45, 7) is 2.00. The molecule has 0 radical (unpaired) electrons. The third-order valence-electron chi connectivity index (χ3n) is 5.49. The largest absolute Gasteiger partial charge is 0.496 e. The molecule has 10 heteroatoms. The SMILES string of the molecule is COc1cc(OC/C(N)=C/C=C/C(F)(F)F)ccc1-c1cnc(-c2ccc(N3CCCC3)nc2)[nH]1. The molecule has 0 aliphatic carbocycles. The average Bonchev–Trinajstić information content (AvgIpc) is 3.55. The molecule has 1 fully saturated rings. The van der Waals surface area contributed by atoms with Crippen LogP contribution in [0.5, 0.6) is 11.5 Å². The van der Waals surface area contributed by atoms with E-state index in [1.165, 1.54) is 20.0 Å². The Morgan fingerprint density at radius 3 is 2.63 bits per heavy atom. The number of benzene rings is 1. The number of allylic oxidation sites excluding steroid dienone is 3. The van der Waals surface area contributed by atoms with Crippen LogP contribution < -0.4 is 20.1 Å². The maximum atomic E-state index is 12.2. The first-order valence-corrected chi connectivity index (χ1v) is 11.1. The fourth-order valence-electron chi connectivity index (χ4n) is 3.74. The standard InChI is InChI=1S/C25H26F3N5O2/c1-34-22-13-19(35-16-18(29)5-4-10-25(26,27)28)7-8-20(22)21-15-31-24(32-21)17-6-9-23(30-14-17)33-11-2-3-12-33/h4-10,13-15H,2-3,11-12,16,29H2,1H3,(H,31,32)/b10-4+,18-5-. The molecule has 2 aromatic heterocycles. The van der Waals surface area contributed by atoms with Crippen molar-refractivity contribution in [3.8, 4) is 34.1 Å². The summed E-state index contributed by atoms with van der Waals surface area (Å²) in [6.07, 6.45) is 3.63. The number of nitrogens with zero attached hydrogens (tertiary/aromatic N) is 3. The molecule has 1 aliphatic heterocycles. The first-order valence-electron chi connectivity index (χ1n) is 11.1. The fourth-order valence-corrected chi connectivity index (χ4v) is 3.74. The van der Waals surface area contributed by atoms with E-state index >= 15 is 0 Å². The number of methoxy groups -OCH3 is 1. The summed E-state index contributed by atoms with van der Waals surface area (Å²) in [7, 11) is 1.54. The summed E-state index contributed by atoms with van der Waals surface area (Å²) in [6, 6.07) is 9.22. The van der Waals surface area contributed by atoms with Crippen LogP contribution in [0.3, 0.4) is 0 Å². The summed E-state index contributed by atoms with van der Waals surface area (Å²) >= 11 is 0. The van der Waals surface area contributed by atoms with Crippen molar-refractivity contribution >= 4 is 5.82 Å². The Balaban J connectivity index is 1.44. The summed E-state index contributed by atoms with van der Waals surface area (Å²) in [4.78, 5) is 14.6. The van der Waals surface area contributed by atoms with E-state index < -0.39 is 6.18 Å². The fraction of sp³-hybridized carbons (Fsp3) is 0.280. The highest BCUT2D eigenvalue weighted by Gasteiger charge is 2.21. The second kappa shape index (κ2) is 10.5. The van der Waals surface area contributed by atoms with Crippen LogP contribution in [0, 0.1) is 0 Å². The Bertz CT molecular complexity index is 1200. The lowest BCUT2D eigenvalue weighted by Gasteiger charge is -2.15. The van der Waals surface area contributed by atoms with Gasteiger partial charge in [0.25, 0.3) is 0 Å². The van der Waals surface area contributed by atoms with Gasteiger partial charge in [-0.05, 0) is 43.2 Å². The molecule has 1 saturated heterocycles. The number of alkyl halides is 3. The molecule has 0 amide bonds. The zero-order valence-electron chi connectivity index (χ0n) is 19.2. The van der Waals surface area contributed by atoms with Gasteiger partial charge in [0, 0.05) is 48.3 Å². The molecular formula is C25H26F3N5O2. The third-order valence-corrected chi connectivity index (χ3v) is 5.49. The highest BCUT2D eigenvalue weighted by molar-refractivity contribution is 5.71. The monoisotopic (exact) mass is 485 g/mol. The first kappa shape index (κ1) is 24.2. The molecule has 3 heterocycles. The van der Waals surface area contributed by atoms with Crippen molar-refractivity contribution in [2.75, 3.05) is 31.7 Å². The van der Waals surface area contributed by atoms with Gasteiger partial charge in [0.2, 0.25) is 0 Å². The molecular weight excluding hydrogens is 459 g/mol. The van der Waals surface area contributed by atoms with Gasteiger partial charge >= 0.3 is 6.18 Å². The van der Waals surface area contributed by atoms with Crippen molar-refractivity contribution in [3.63, 3.8) is 0 Å². The number of rotatable bonds is 8. The number of nitrogens with one attached hydrogen (secondary N) is 1. The lowest BCUT2D eigenvalue weighted by molar-refractivity contribution is -0.0798. The Morgan fingerprint density at radius 1 is 1.14 bits per heavy atom. The maximum Gasteiger partial charge on any atom is 0.409 e. The van der Waals surface area contributed by atoms with Crippen LogP contribution in [-0.4, -0.2) is 47.9 Å². The van der Waals surface area contributed by atoms with Gasteiger partial charge in [0.05, 0.1) is 19.0 Å². The minimum absolute atomic E-state index is 0.0701. The van der Waals surface area contributed by atoms with E-state index in [0.29, 0.717) is 17.3 Å². The Kier molecular flexibility index (Phi) is 7.28. The maximum absolute atomic E-state index is 12.2. The van der Waals surface area contributed by atoms with Crippen molar-refractivity contribution in [1.82, 2.24) is 15.0 Å². The normalized spacial score (nSPS) is 14.6. The molecule has 4 rings (SSSR count). The molecule has 0 bridgehead atoms. The number of pyridine rings is 1.